The van der Waals surface area contributed by atoms with Gasteiger partial charge in [0.15, 0.2) is 126 Å². The van der Waals surface area contributed by atoms with Crippen molar-refractivity contribution in [3.63, 3.8) is 0 Å². The maximum Gasteiger partial charge on any atom is 0.323 e. The van der Waals surface area contributed by atoms with Crippen LogP contribution in [0.5, 0.6) is 144 Å². The molecule has 0 saturated carbocycles. The fraction of sp³-hybridized carbons (Fsp3) is 0.219. The van der Waals surface area contributed by atoms with Crippen molar-refractivity contribution < 1.29 is 134 Å². The van der Waals surface area contributed by atoms with Gasteiger partial charge in [0, 0.05) is 104 Å². The van der Waals surface area contributed by atoms with Crippen LogP contribution in [0.15, 0.2) is 212 Å². The van der Waals surface area contributed by atoms with E-state index >= 15 is 0 Å². The van der Waals surface area contributed by atoms with Gasteiger partial charge in [0.05, 0.1) is 6.04 Å². The van der Waals surface area contributed by atoms with Gasteiger partial charge >= 0.3 is 18.1 Å². The highest BCUT2D eigenvalue weighted by molar-refractivity contribution is 6.00. The highest BCUT2D eigenvalue weighted by Gasteiger charge is 2.35. The van der Waals surface area contributed by atoms with Crippen molar-refractivity contribution >= 4 is 40.8 Å². The average molecular weight is 1800 g/mol. The van der Waals surface area contributed by atoms with Gasteiger partial charge in [-0.3, -0.25) is 4.90 Å². The van der Waals surface area contributed by atoms with E-state index in [4.69, 9.17) is 109 Å². The standard InChI is InChI=1S/C24H21NO7.C24H21NO6.C17H16N2O5.C16H14N2O5.C15H12N2O5/c26-15-7-18(27)16-9-17(25-10-13-1-3-19-22(5-13)30-11-28-19)24(32-21(16)8-15)14-2-4-20-23(6-14)31-12-29-20;1-4-19-22(29-13-26-19)7-16(1)10-25(11-17-2-5-20-23(8-17)30-14-27-20)12-18-3-6-21-24(9-18)31-15-28-21;20-17(19-12-2-4-14-16(8-12)24-10-22-14)18-6-5-11-1-3-13-15(7-11)23-9-21-13;19-16(18-11-2-4-13-15(6-11)23-9-21-13)17-7-10-1-3-12-14(5-10)22-8-20-12;18-15(16-9-1-3-11-13(5-9)21-7-19-11)17-10-2-4-12-14(6-10)22-8-20-12/h1-8,17,24-27H,9-12H2;1-9H,10-15H2;1-4,7-8H,5-6,9-10H2,(H2,18,19,20);1-6H,7-9H2,(H2,17,18,19);1-6H,7-8H2,(H2,16,17,18)/t17-,24-;;;;/m1..../s1. The highest BCUT2D eigenvalue weighted by atomic mass is 16.7. The molecule has 0 unspecified atom stereocenters. The predicted molar refractivity (Wildman–Crippen MR) is 468 cm³/mol. The number of hydrogen-bond donors (Lipinski definition) is 9. The number of nitrogens with one attached hydrogen (secondary N) is 7. The zero-order valence-electron chi connectivity index (χ0n) is 70.3. The van der Waals surface area contributed by atoms with Crippen LogP contribution in [0.1, 0.15) is 50.6 Å². The smallest absolute Gasteiger partial charge is 0.323 e. The Hall–Kier alpha value is -16.6. The number of fused-ring (bicyclic) bond motifs is 12. The van der Waals surface area contributed by atoms with Gasteiger partial charge in [-0.15, -0.1) is 0 Å². The van der Waals surface area contributed by atoms with Gasteiger partial charge in [-0.1, -0.05) is 42.5 Å². The molecule has 0 aliphatic carbocycles. The molecule has 0 spiro atoms. The third-order valence-electron chi connectivity index (χ3n) is 22.0. The van der Waals surface area contributed by atoms with Crippen molar-refractivity contribution in [1.29, 1.82) is 0 Å². The Morgan fingerprint density at radius 1 is 0.280 bits per heavy atom. The summed E-state index contributed by atoms with van der Waals surface area (Å²) in [4.78, 5) is 38.3. The normalized spacial score (nSPS) is 15.6. The number of phenolic OH excluding ortho intramolecular Hbond substituents is 2. The minimum atomic E-state index is -0.368. The van der Waals surface area contributed by atoms with Gasteiger partial charge < -0.3 is 156 Å². The molecular weight excluding hydrogens is 1710 g/mol. The lowest BCUT2D eigenvalue weighted by Crippen LogP contribution is -2.41. The van der Waals surface area contributed by atoms with E-state index in [9.17, 15) is 24.6 Å². The Morgan fingerprint density at radius 2 is 0.568 bits per heavy atom. The Kier molecular flexibility index (Phi) is 24.1. The fourth-order valence-electron chi connectivity index (χ4n) is 15.6. The summed E-state index contributed by atoms with van der Waals surface area (Å²) in [6.45, 7) is 6.26. The van der Waals surface area contributed by atoms with E-state index in [-0.39, 0.29) is 116 Å². The SMILES string of the molecule is O=C(NCCc1ccc2c(c1)OCO2)Nc1ccc2c(c1)OCO2.O=C(NCc1ccc2c(c1)OCO2)Nc1ccc2c(c1)OCO2.O=C(Nc1ccc2c(c1)OCO2)Nc1ccc2c(c1)OCO2.Oc1cc(O)c2c(c1)O[C@H](c1ccc3c(c1)OCO3)[C@H](NCc1ccc3c(c1)OCO3)C2.c1cc2c(cc1CN(Cc1ccc3c(c1)OCO3)Cc1ccc3c(c1)OCO3)OCO2. The van der Waals surface area contributed by atoms with E-state index in [2.05, 4.69) is 78.5 Å². The first kappa shape index (κ1) is 83.6. The van der Waals surface area contributed by atoms with E-state index in [0.29, 0.717) is 130 Å². The fourth-order valence-corrected chi connectivity index (χ4v) is 15.6. The van der Waals surface area contributed by atoms with Gasteiger partial charge in [-0.2, -0.15) is 0 Å². The minimum Gasteiger partial charge on any atom is -0.508 e. The minimum absolute atomic E-state index is 0.0130. The molecule has 0 saturated heterocycles. The second-order valence-electron chi connectivity index (χ2n) is 30.8. The molecule has 12 aromatic carbocycles. The molecule has 0 bridgehead atoms. The number of anilines is 4. The lowest BCUT2D eigenvalue weighted by Gasteiger charge is -2.35. The van der Waals surface area contributed by atoms with Crippen molar-refractivity contribution in [2.75, 3.05) is 103 Å². The third-order valence-corrected chi connectivity index (χ3v) is 22.0. The second-order valence-corrected chi connectivity index (χ2v) is 30.8. The lowest BCUT2D eigenvalue weighted by molar-refractivity contribution is 0.130. The van der Waals surface area contributed by atoms with Crippen LogP contribution in [0.4, 0.5) is 37.1 Å². The molecule has 6 amide bonds. The number of phenols is 2. The number of benzene rings is 12. The van der Waals surface area contributed by atoms with Crippen LogP contribution < -0.4 is 146 Å². The largest absolute Gasteiger partial charge is 0.508 e. The predicted octanol–water partition coefficient (Wildman–Crippen LogP) is 15.2. The zero-order chi connectivity index (χ0) is 89.2. The summed E-state index contributed by atoms with van der Waals surface area (Å²) in [5, 5.41) is 40.5. The van der Waals surface area contributed by atoms with Crippen LogP contribution in [0.2, 0.25) is 0 Å². The molecule has 12 heterocycles. The molecule has 9 N–H and O–H groups in total. The second kappa shape index (κ2) is 38.1. The number of amides is 6. The lowest BCUT2D eigenvalue weighted by atomic mass is 9.91. The van der Waals surface area contributed by atoms with E-state index in [0.717, 1.165) is 122 Å². The van der Waals surface area contributed by atoms with Crippen LogP contribution in [0.25, 0.3) is 0 Å². The molecule has 36 heteroatoms. The highest BCUT2D eigenvalue weighted by Crippen LogP contribution is 2.47. The van der Waals surface area contributed by atoms with E-state index in [1.807, 2.05) is 91.0 Å². The molecular formula is C96H84N8O28. The summed E-state index contributed by atoms with van der Waals surface area (Å²) in [7, 11) is 0. The maximum atomic E-state index is 12.0. The topological polar surface area (TPSA) is 391 Å². The number of carbonyl (C=O) groups excluding carboxylic acids is 3. The number of rotatable bonds is 19. The van der Waals surface area contributed by atoms with Gasteiger partial charge in [0.1, 0.15) is 23.4 Å². The summed E-state index contributed by atoms with van der Waals surface area (Å²) >= 11 is 0. The summed E-state index contributed by atoms with van der Waals surface area (Å²) in [6, 6.07) is 63.9. The van der Waals surface area contributed by atoms with Crippen molar-refractivity contribution in [2.24, 2.45) is 0 Å². The van der Waals surface area contributed by atoms with Gasteiger partial charge in [0.25, 0.3) is 0 Å². The van der Waals surface area contributed by atoms with E-state index < -0.39 is 0 Å². The number of urea groups is 3. The van der Waals surface area contributed by atoms with Crippen LogP contribution in [-0.2, 0) is 45.6 Å². The molecule has 12 aromatic rings. The van der Waals surface area contributed by atoms with Crippen LogP contribution >= 0.6 is 0 Å². The molecule has 12 aliphatic rings. The number of hydrogen-bond acceptors (Lipinski definition) is 30. The van der Waals surface area contributed by atoms with Gasteiger partial charge in [-0.05, 0) is 185 Å². The Balaban J connectivity index is 0.000000104. The first-order chi connectivity index (χ1) is 64.8. The van der Waals surface area contributed by atoms with Gasteiger partial charge in [0.2, 0.25) is 74.7 Å². The molecule has 0 aromatic heterocycles. The third kappa shape index (κ3) is 19.9. The summed E-state index contributed by atoms with van der Waals surface area (Å²) in [5.74, 6) is 16.1. The Morgan fingerprint density at radius 3 is 0.947 bits per heavy atom. The molecule has 676 valence electrons. The molecule has 12 aliphatic heterocycles. The van der Waals surface area contributed by atoms with Crippen LogP contribution in [0.3, 0.4) is 0 Å². The monoisotopic (exact) mass is 1800 g/mol. The van der Waals surface area contributed by atoms with Crippen LogP contribution in [-0.4, -0.2) is 121 Å². The summed E-state index contributed by atoms with van der Waals surface area (Å²) in [5.41, 5.74) is 10.6. The summed E-state index contributed by atoms with van der Waals surface area (Å²) in [6.07, 6.45) is 0.850. The molecule has 2 atom stereocenters. The molecule has 24 rings (SSSR count). The van der Waals surface area contributed by atoms with Crippen molar-refractivity contribution in [1.82, 2.24) is 20.9 Å². The maximum absolute atomic E-state index is 12.0. The average Bonchev–Trinajstić information content (AvgIpc) is 0.841. The zero-order valence-corrected chi connectivity index (χ0v) is 70.3. The van der Waals surface area contributed by atoms with Crippen molar-refractivity contribution in [2.45, 2.75) is 57.7 Å². The van der Waals surface area contributed by atoms with Crippen molar-refractivity contribution in [3.8, 4) is 144 Å². The number of carbonyl (C=O) groups is 3. The molecule has 132 heavy (non-hydrogen) atoms. The summed E-state index contributed by atoms with van der Waals surface area (Å²) < 4.78 is 124. The Bertz CT molecular complexity index is 6140. The number of aromatic hydroxyl groups is 2. The first-order valence-electron chi connectivity index (χ1n) is 41.9. The van der Waals surface area contributed by atoms with E-state index in [1.165, 1.54) is 12.1 Å². The number of nitrogens with zero attached hydrogens (tertiary/aromatic N) is 1. The van der Waals surface area contributed by atoms with E-state index in [1.54, 1.807) is 72.8 Å². The molecule has 0 fully saturated rings. The molecule has 36 nitrogen and oxygen atoms in total. The first-order valence-corrected chi connectivity index (χ1v) is 41.9. The van der Waals surface area contributed by atoms with Gasteiger partial charge in [-0.25, -0.2) is 14.4 Å². The number of ether oxygens (including phenoxy) is 23. The molecule has 0 radical (unpaired) electrons. The van der Waals surface area contributed by atoms with Crippen molar-refractivity contribution in [3.05, 3.63) is 257 Å². The van der Waals surface area contributed by atoms with Crippen LogP contribution in [0, 0.1) is 0 Å². The quantitative estimate of drug-likeness (QED) is 0.0363. The Labute approximate surface area is 752 Å².